The van der Waals surface area contributed by atoms with E-state index in [1.165, 1.54) is 16.2 Å². The maximum atomic E-state index is 12.5. The molecule has 27 heavy (non-hydrogen) atoms. The molecule has 9 nitrogen and oxygen atoms in total. The molecule has 3 aromatic rings. The molecule has 0 amide bonds. The lowest BCUT2D eigenvalue weighted by Crippen LogP contribution is -2.38. The third-order valence-electron chi connectivity index (χ3n) is 4.28. The number of fused-ring (bicyclic) bond motifs is 1. The van der Waals surface area contributed by atoms with Crippen molar-refractivity contribution in [3.63, 3.8) is 0 Å². The van der Waals surface area contributed by atoms with Crippen LogP contribution in [0.25, 0.3) is 11.2 Å². The number of ether oxygens (including phenoxy) is 2. The molecule has 0 fully saturated rings. The van der Waals surface area contributed by atoms with E-state index in [9.17, 15) is 14.7 Å². The molecule has 0 spiro atoms. The molecule has 2 heterocycles. The van der Waals surface area contributed by atoms with Crippen LogP contribution in [0.4, 0.5) is 0 Å². The Labute approximate surface area is 159 Å². The molecule has 0 aliphatic rings. The molecule has 0 aliphatic carbocycles. The Bertz CT molecular complexity index is 1140. The number of aromatic nitrogens is 4. The summed E-state index contributed by atoms with van der Waals surface area (Å²) in [7, 11) is 4.52. The smallest absolute Gasteiger partial charge is 0.332 e. The van der Waals surface area contributed by atoms with Crippen molar-refractivity contribution in [1.29, 1.82) is 0 Å². The molecule has 0 saturated carbocycles. The largest absolute Gasteiger partial charge is 0.497 e. The number of rotatable bonds is 6. The van der Waals surface area contributed by atoms with E-state index in [2.05, 4.69) is 4.98 Å². The van der Waals surface area contributed by atoms with Gasteiger partial charge in [-0.2, -0.15) is 0 Å². The first-order valence-electron chi connectivity index (χ1n) is 8.17. The lowest BCUT2D eigenvalue weighted by atomic mass is 10.3. The molecule has 1 atom stereocenters. The molecule has 0 aliphatic heterocycles. The Morgan fingerprint density at radius 1 is 1.15 bits per heavy atom. The number of hydrogen-bond donors (Lipinski definition) is 2. The highest BCUT2D eigenvalue weighted by molar-refractivity contribution is 7.71. The Balaban J connectivity index is 1.83. The predicted molar refractivity (Wildman–Crippen MR) is 102 cm³/mol. The summed E-state index contributed by atoms with van der Waals surface area (Å²) in [6, 6.07) is 6.96. The molecule has 1 aromatic carbocycles. The first-order valence-corrected chi connectivity index (χ1v) is 8.57. The number of methoxy groups -OCH3 is 1. The van der Waals surface area contributed by atoms with Crippen molar-refractivity contribution in [2.24, 2.45) is 14.1 Å². The van der Waals surface area contributed by atoms with Gasteiger partial charge in [-0.25, -0.2) is 4.79 Å². The van der Waals surface area contributed by atoms with Crippen LogP contribution in [0.3, 0.4) is 0 Å². The fraction of sp³-hybridized carbons (Fsp3) is 0.353. The fourth-order valence-corrected chi connectivity index (χ4v) is 3.05. The number of H-pyrrole nitrogens is 1. The molecule has 10 heteroatoms. The van der Waals surface area contributed by atoms with Crippen LogP contribution in [-0.4, -0.2) is 43.6 Å². The van der Waals surface area contributed by atoms with E-state index in [0.717, 1.165) is 4.57 Å². The number of aromatic amines is 1. The summed E-state index contributed by atoms with van der Waals surface area (Å²) in [5.74, 6) is 1.28. The minimum Gasteiger partial charge on any atom is -0.497 e. The van der Waals surface area contributed by atoms with Gasteiger partial charge >= 0.3 is 5.69 Å². The summed E-state index contributed by atoms with van der Waals surface area (Å²) >= 11 is 5.26. The van der Waals surface area contributed by atoms with Crippen molar-refractivity contribution in [2.75, 3.05) is 13.7 Å². The quantitative estimate of drug-likeness (QED) is 0.594. The van der Waals surface area contributed by atoms with Crippen LogP contribution < -0.4 is 20.7 Å². The van der Waals surface area contributed by atoms with Gasteiger partial charge in [0.05, 0.1) is 13.7 Å². The summed E-state index contributed by atoms with van der Waals surface area (Å²) in [4.78, 5) is 27.4. The van der Waals surface area contributed by atoms with Gasteiger partial charge in [0.2, 0.25) is 0 Å². The van der Waals surface area contributed by atoms with Crippen LogP contribution >= 0.6 is 12.2 Å². The van der Waals surface area contributed by atoms with Crippen LogP contribution in [0.1, 0.15) is 0 Å². The zero-order valence-corrected chi connectivity index (χ0v) is 15.9. The average molecular weight is 392 g/mol. The van der Waals surface area contributed by atoms with Gasteiger partial charge in [-0.15, -0.1) is 0 Å². The molecule has 2 aromatic heterocycles. The SMILES string of the molecule is COc1ccc(OCC(O)Cn2c(=S)[nH]c3c2c(=O)n(C)c(=O)n3C)cc1. The van der Waals surface area contributed by atoms with Gasteiger partial charge in [0.25, 0.3) is 5.56 Å². The first-order chi connectivity index (χ1) is 12.8. The van der Waals surface area contributed by atoms with Crippen molar-refractivity contribution < 1.29 is 14.6 Å². The molecular formula is C17H20N4O5S. The van der Waals surface area contributed by atoms with E-state index in [-0.39, 0.29) is 23.4 Å². The van der Waals surface area contributed by atoms with Crippen molar-refractivity contribution in [3.8, 4) is 11.5 Å². The standard InChI is InChI=1S/C17H20N4O5S/c1-19-14-13(15(23)20(2)17(19)24)21(16(27)18-14)8-10(22)9-26-12-6-4-11(25-3)5-7-12/h4-7,10,22H,8-9H2,1-3H3,(H,18,27). The zero-order chi connectivity index (χ0) is 19.7. The van der Waals surface area contributed by atoms with Crippen LogP contribution in [0.2, 0.25) is 0 Å². The van der Waals surface area contributed by atoms with Crippen molar-refractivity contribution in [2.45, 2.75) is 12.6 Å². The molecule has 0 radical (unpaired) electrons. The van der Waals surface area contributed by atoms with Gasteiger partial charge in [0.1, 0.15) is 29.9 Å². The summed E-state index contributed by atoms with van der Waals surface area (Å²) < 4.78 is 14.7. The highest BCUT2D eigenvalue weighted by Crippen LogP contribution is 2.17. The molecule has 1 unspecified atom stereocenters. The molecule has 144 valence electrons. The van der Waals surface area contributed by atoms with E-state index < -0.39 is 17.4 Å². The third-order valence-corrected chi connectivity index (χ3v) is 4.60. The van der Waals surface area contributed by atoms with Gasteiger partial charge in [0, 0.05) is 14.1 Å². The monoisotopic (exact) mass is 392 g/mol. The molecule has 0 bridgehead atoms. The molecular weight excluding hydrogens is 372 g/mol. The minimum absolute atomic E-state index is 0.00680. The summed E-state index contributed by atoms with van der Waals surface area (Å²) in [5, 5.41) is 10.3. The predicted octanol–water partition coefficient (Wildman–Crippen LogP) is 0.545. The normalized spacial score (nSPS) is 12.3. The summed E-state index contributed by atoms with van der Waals surface area (Å²) in [6.07, 6.45) is -0.917. The second-order valence-corrected chi connectivity index (χ2v) is 6.47. The van der Waals surface area contributed by atoms with E-state index in [4.69, 9.17) is 21.7 Å². The van der Waals surface area contributed by atoms with Crippen molar-refractivity contribution in [1.82, 2.24) is 18.7 Å². The van der Waals surface area contributed by atoms with E-state index in [0.29, 0.717) is 17.1 Å². The van der Waals surface area contributed by atoms with Crippen LogP contribution in [0.5, 0.6) is 11.5 Å². The number of aryl methyl sites for hydroxylation is 1. The number of imidazole rings is 1. The topological polar surface area (TPSA) is 103 Å². The van der Waals surface area contributed by atoms with Crippen molar-refractivity contribution in [3.05, 3.63) is 49.9 Å². The Hall–Kier alpha value is -2.85. The van der Waals surface area contributed by atoms with Crippen LogP contribution in [-0.2, 0) is 20.6 Å². The minimum atomic E-state index is -0.917. The fourth-order valence-electron chi connectivity index (χ4n) is 2.79. The number of nitrogens with zero attached hydrogens (tertiary/aromatic N) is 3. The number of hydrogen-bond acceptors (Lipinski definition) is 6. The average Bonchev–Trinajstić information content (AvgIpc) is 2.99. The lowest BCUT2D eigenvalue weighted by Gasteiger charge is -2.14. The van der Waals surface area contributed by atoms with Gasteiger partial charge in [-0.05, 0) is 36.5 Å². The number of nitrogens with one attached hydrogen (secondary N) is 1. The Morgan fingerprint density at radius 3 is 2.41 bits per heavy atom. The number of benzene rings is 1. The van der Waals surface area contributed by atoms with Gasteiger partial charge < -0.3 is 24.1 Å². The summed E-state index contributed by atoms with van der Waals surface area (Å²) in [5.41, 5.74) is -0.396. The number of aliphatic hydroxyl groups is 1. The number of aliphatic hydroxyl groups excluding tert-OH is 1. The van der Waals surface area contributed by atoms with Gasteiger partial charge in [-0.1, -0.05) is 0 Å². The molecule has 3 rings (SSSR count). The molecule has 0 saturated heterocycles. The Morgan fingerprint density at radius 2 is 1.78 bits per heavy atom. The van der Waals surface area contributed by atoms with E-state index >= 15 is 0 Å². The lowest BCUT2D eigenvalue weighted by molar-refractivity contribution is 0.0930. The van der Waals surface area contributed by atoms with Crippen LogP contribution in [0.15, 0.2) is 33.9 Å². The van der Waals surface area contributed by atoms with Gasteiger partial charge in [-0.3, -0.25) is 13.9 Å². The molecule has 2 N–H and O–H groups in total. The van der Waals surface area contributed by atoms with Gasteiger partial charge in [0.15, 0.2) is 10.3 Å². The van der Waals surface area contributed by atoms with Crippen LogP contribution in [0, 0.1) is 4.77 Å². The zero-order valence-electron chi connectivity index (χ0n) is 15.1. The highest BCUT2D eigenvalue weighted by atomic mass is 32.1. The first kappa shape index (κ1) is 18.9. The highest BCUT2D eigenvalue weighted by Gasteiger charge is 2.17. The second-order valence-electron chi connectivity index (χ2n) is 6.08. The van der Waals surface area contributed by atoms with E-state index in [1.54, 1.807) is 38.4 Å². The second kappa shape index (κ2) is 7.41. The van der Waals surface area contributed by atoms with E-state index in [1.807, 2.05) is 0 Å². The maximum absolute atomic E-state index is 12.5. The third kappa shape index (κ3) is 3.53. The van der Waals surface area contributed by atoms with Crippen molar-refractivity contribution >= 4 is 23.4 Å². The summed E-state index contributed by atoms with van der Waals surface area (Å²) in [6.45, 7) is 0.0509. The Kier molecular flexibility index (Phi) is 5.19. The maximum Gasteiger partial charge on any atom is 0.332 e.